The standard InChI is InChI=1S/C13H14ClFO2S.C3H6O2/c14-13-8-11(15)7-6-10(13)9-18(16,17)12-4-2-1-3-5-12;1-2-5-3-4/h2,4,6-8,12H,1,3,5,9H2;3H,2H2,1H3. The highest BCUT2D eigenvalue weighted by Crippen LogP contribution is 2.25. The third kappa shape index (κ3) is 6.71. The lowest BCUT2D eigenvalue weighted by Crippen LogP contribution is -2.22. The number of sulfone groups is 1. The highest BCUT2D eigenvalue weighted by molar-refractivity contribution is 7.91. The van der Waals surface area contributed by atoms with Crippen LogP contribution in [0, 0.1) is 5.82 Å². The SMILES string of the molecule is CCOC=O.O=S(=O)(Cc1ccc(F)cc1Cl)C1C=CCCC1. The highest BCUT2D eigenvalue weighted by atomic mass is 35.5. The molecule has 0 spiro atoms. The zero-order chi connectivity index (χ0) is 17.3. The maximum Gasteiger partial charge on any atom is 0.293 e. The number of allylic oxidation sites excluding steroid dienone is 1. The summed E-state index contributed by atoms with van der Waals surface area (Å²) < 4.78 is 41.4. The summed E-state index contributed by atoms with van der Waals surface area (Å²) in [7, 11) is -3.27. The van der Waals surface area contributed by atoms with Gasteiger partial charge in [-0.3, -0.25) is 4.79 Å². The van der Waals surface area contributed by atoms with Gasteiger partial charge in [-0.2, -0.15) is 0 Å². The Morgan fingerprint density at radius 2 is 2.17 bits per heavy atom. The van der Waals surface area contributed by atoms with Gasteiger partial charge in [-0.15, -0.1) is 0 Å². The van der Waals surface area contributed by atoms with Crippen LogP contribution in [-0.4, -0.2) is 26.7 Å². The van der Waals surface area contributed by atoms with Crippen LogP contribution in [0.4, 0.5) is 4.39 Å². The summed E-state index contributed by atoms with van der Waals surface area (Å²) in [4.78, 5) is 9.18. The van der Waals surface area contributed by atoms with Crippen molar-refractivity contribution in [2.24, 2.45) is 0 Å². The van der Waals surface area contributed by atoms with Gasteiger partial charge in [0.2, 0.25) is 0 Å². The number of hydrogen-bond donors (Lipinski definition) is 0. The number of carbonyl (C=O) groups is 1. The molecular weight excluding hydrogens is 343 g/mol. The van der Waals surface area contributed by atoms with Crippen LogP contribution in [-0.2, 0) is 25.1 Å². The van der Waals surface area contributed by atoms with E-state index < -0.39 is 20.9 Å². The van der Waals surface area contributed by atoms with Gasteiger partial charge < -0.3 is 4.74 Å². The molecule has 0 radical (unpaired) electrons. The van der Waals surface area contributed by atoms with Gasteiger partial charge in [0.1, 0.15) is 5.82 Å². The maximum atomic E-state index is 12.9. The third-order valence-corrected chi connectivity index (χ3v) is 5.66. The van der Waals surface area contributed by atoms with E-state index in [1.807, 2.05) is 6.08 Å². The molecule has 0 amide bonds. The average Bonchev–Trinajstić information content (AvgIpc) is 2.52. The van der Waals surface area contributed by atoms with Crippen LogP contribution in [0.3, 0.4) is 0 Å². The minimum absolute atomic E-state index is 0.138. The molecule has 0 heterocycles. The summed E-state index contributed by atoms with van der Waals surface area (Å²) in [5.41, 5.74) is 0.456. The Morgan fingerprint density at radius 1 is 1.43 bits per heavy atom. The Morgan fingerprint density at radius 3 is 2.65 bits per heavy atom. The van der Waals surface area contributed by atoms with Crippen LogP contribution in [0.5, 0.6) is 0 Å². The summed E-state index contributed by atoms with van der Waals surface area (Å²) in [5, 5.41) is -0.272. The van der Waals surface area contributed by atoms with Gasteiger partial charge in [-0.1, -0.05) is 29.8 Å². The van der Waals surface area contributed by atoms with Crippen molar-refractivity contribution in [3.05, 3.63) is 46.8 Å². The van der Waals surface area contributed by atoms with E-state index in [9.17, 15) is 17.6 Å². The van der Waals surface area contributed by atoms with Crippen molar-refractivity contribution >= 4 is 27.9 Å². The molecule has 0 fully saturated rings. The van der Waals surface area contributed by atoms with E-state index in [1.54, 1.807) is 13.0 Å². The Kier molecular flexibility index (Phi) is 8.26. The molecule has 0 bridgehead atoms. The first-order valence-corrected chi connectivity index (χ1v) is 9.37. The van der Waals surface area contributed by atoms with Crippen LogP contribution in [0.1, 0.15) is 31.7 Å². The van der Waals surface area contributed by atoms with E-state index >= 15 is 0 Å². The first kappa shape index (κ1) is 19.6. The van der Waals surface area contributed by atoms with E-state index in [1.165, 1.54) is 12.1 Å². The largest absolute Gasteiger partial charge is 0.468 e. The summed E-state index contributed by atoms with van der Waals surface area (Å²) in [6, 6.07) is 3.80. The van der Waals surface area contributed by atoms with E-state index in [-0.39, 0.29) is 10.8 Å². The van der Waals surface area contributed by atoms with Crippen LogP contribution in [0.2, 0.25) is 5.02 Å². The lowest BCUT2D eigenvalue weighted by atomic mass is 10.1. The van der Waals surface area contributed by atoms with E-state index in [4.69, 9.17) is 11.6 Å². The molecule has 1 aromatic rings. The summed E-state index contributed by atoms with van der Waals surface area (Å²) in [6.07, 6.45) is 6.12. The molecule has 1 unspecified atom stereocenters. The van der Waals surface area contributed by atoms with Crippen molar-refractivity contribution in [2.45, 2.75) is 37.2 Å². The maximum absolute atomic E-state index is 12.9. The zero-order valence-corrected chi connectivity index (χ0v) is 14.4. The minimum atomic E-state index is -3.27. The molecule has 1 atom stereocenters. The Bertz CT molecular complexity index is 643. The molecule has 0 saturated heterocycles. The zero-order valence-electron chi connectivity index (χ0n) is 12.9. The molecule has 0 aromatic heterocycles. The molecule has 1 aromatic carbocycles. The lowest BCUT2D eigenvalue weighted by Gasteiger charge is -2.17. The van der Waals surface area contributed by atoms with Crippen LogP contribution >= 0.6 is 11.6 Å². The quantitative estimate of drug-likeness (QED) is 0.592. The van der Waals surface area contributed by atoms with Gasteiger partial charge in [0.25, 0.3) is 6.47 Å². The molecule has 23 heavy (non-hydrogen) atoms. The van der Waals surface area contributed by atoms with Crippen molar-refractivity contribution in [2.75, 3.05) is 6.61 Å². The Balaban J connectivity index is 0.000000463. The lowest BCUT2D eigenvalue weighted by molar-refractivity contribution is -0.128. The summed E-state index contributed by atoms with van der Waals surface area (Å²) in [5.74, 6) is -0.597. The topological polar surface area (TPSA) is 60.4 Å². The van der Waals surface area contributed by atoms with Crippen molar-refractivity contribution in [3.8, 4) is 0 Å². The van der Waals surface area contributed by atoms with Crippen LogP contribution in [0.25, 0.3) is 0 Å². The molecule has 7 heteroatoms. The van der Waals surface area contributed by atoms with Crippen molar-refractivity contribution in [1.29, 1.82) is 0 Å². The second-order valence-corrected chi connectivity index (χ2v) is 7.62. The number of hydrogen-bond acceptors (Lipinski definition) is 4. The highest BCUT2D eigenvalue weighted by Gasteiger charge is 2.25. The molecular formula is C16H20ClFO4S. The van der Waals surface area contributed by atoms with Crippen LogP contribution < -0.4 is 0 Å². The number of halogens is 2. The monoisotopic (exact) mass is 362 g/mol. The van der Waals surface area contributed by atoms with Gasteiger partial charge in [0, 0.05) is 5.02 Å². The number of carbonyl (C=O) groups excluding carboxylic acids is 1. The number of rotatable bonds is 5. The van der Waals surface area contributed by atoms with Gasteiger partial charge in [-0.05, 0) is 43.9 Å². The van der Waals surface area contributed by atoms with E-state index in [0.717, 1.165) is 18.9 Å². The molecule has 1 aliphatic rings. The molecule has 128 valence electrons. The van der Waals surface area contributed by atoms with Gasteiger partial charge in [0.15, 0.2) is 9.84 Å². The number of ether oxygens (including phenoxy) is 1. The molecule has 2 rings (SSSR count). The van der Waals surface area contributed by atoms with Gasteiger partial charge in [0.05, 0.1) is 17.6 Å². The van der Waals surface area contributed by atoms with Crippen molar-refractivity contribution < 1.29 is 22.3 Å². The fraction of sp³-hybridized carbons (Fsp3) is 0.438. The minimum Gasteiger partial charge on any atom is -0.468 e. The average molecular weight is 363 g/mol. The van der Waals surface area contributed by atoms with E-state index in [2.05, 4.69) is 4.74 Å². The fourth-order valence-corrected chi connectivity index (χ4v) is 4.20. The molecule has 0 saturated carbocycles. The summed E-state index contributed by atoms with van der Waals surface area (Å²) in [6.45, 7) is 2.66. The summed E-state index contributed by atoms with van der Waals surface area (Å²) >= 11 is 5.85. The third-order valence-electron chi connectivity index (χ3n) is 3.28. The van der Waals surface area contributed by atoms with Gasteiger partial charge >= 0.3 is 0 Å². The molecule has 0 aliphatic heterocycles. The second-order valence-electron chi connectivity index (χ2n) is 4.99. The number of benzene rings is 1. The van der Waals surface area contributed by atoms with Crippen molar-refractivity contribution in [1.82, 2.24) is 0 Å². The first-order chi connectivity index (χ1) is 10.9. The van der Waals surface area contributed by atoms with Crippen LogP contribution in [0.15, 0.2) is 30.4 Å². The Hall–Kier alpha value is -1.40. The molecule has 0 N–H and O–H groups in total. The van der Waals surface area contributed by atoms with E-state index in [0.29, 0.717) is 25.1 Å². The second kappa shape index (κ2) is 9.67. The normalized spacial score (nSPS) is 17.1. The molecule has 1 aliphatic carbocycles. The Labute approximate surface area is 141 Å². The smallest absolute Gasteiger partial charge is 0.293 e. The fourth-order valence-electron chi connectivity index (χ4n) is 2.11. The first-order valence-electron chi connectivity index (χ1n) is 7.28. The predicted octanol–water partition coefficient (Wildman–Crippen LogP) is 3.68. The van der Waals surface area contributed by atoms with Gasteiger partial charge in [-0.25, -0.2) is 12.8 Å². The van der Waals surface area contributed by atoms with Crippen molar-refractivity contribution in [3.63, 3.8) is 0 Å². The predicted molar refractivity (Wildman–Crippen MR) is 88.5 cm³/mol. The molecule has 4 nitrogen and oxygen atoms in total.